The van der Waals surface area contributed by atoms with Crippen molar-refractivity contribution in [3.63, 3.8) is 0 Å². The predicted molar refractivity (Wildman–Crippen MR) is 198 cm³/mol. The Morgan fingerprint density at radius 2 is 1.66 bits per heavy atom. The van der Waals surface area contributed by atoms with Crippen molar-refractivity contribution in [1.29, 1.82) is 0 Å². The van der Waals surface area contributed by atoms with E-state index in [9.17, 15) is 14.7 Å². The van der Waals surface area contributed by atoms with Gasteiger partial charge in [-0.25, -0.2) is 0 Å². The number of hydrogen-bond acceptors (Lipinski definition) is 9. The number of carbonyl (C=O) groups excluding carboxylic acids is 2. The number of aryl methyl sites for hydroxylation is 2. The SMILES string of the molecule is COc1cc(C2C(=C(O)c3cc(C)ccc3C)C(=O)C(=O)N2c2nnc(SCc3cccc4ccccc34)s2)ccc1OCc1ccccc1. The van der Waals surface area contributed by atoms with Crippen LogP contribution in [0.25, 0.3) is 16.5 Å². The number of aliphatic hydroxyl groups is 1. The maximum absolute atomic E-state index is 13.9. The molecule has 1 amide bonds. The van der Waals surface area contributed by atoms with Crippen LogP contribution >= 0.6 is 23.1 Å². The Bertz CT molecular complexity index is 2260. The normalized spacial score (nSPS) is 15.5. The number of hydrogen-bond donors (Lipinski definition) is 1. The highest BCUT2D eigenvalue weighted by atomic mass is 32.2. The van der Waals surface area contributed by atoms with Gasteiger partial charge in [0.25, 0.3) is 5.78 Å². The van der Waals surface area contributed by atoms with E-state index in [1.165, 1.54) is 35.1 Å². The molecule has 10 heteroatoms. The second-order valence-corrected chi connectivity index (χ2v) is 14.1. The summed E-state index contributed by atoms with van der Waals surface area (Å²) in [6.45, 7) is 4.08. The van der Waals surface area contributed by atoms with E-state index >= 15 is 0 Å². The summed E-state index contributed by atoms with van der Waals surface area (Å²) in [5, 5.41) is 23.2. The first-order chi connectivity index (χ1) is 24.3. The monoisotopic (exact) mass is 699 g/mol. The number of anilines is 1. The van der Waals surface area contributed by atoms with Gasteiger partial charge in [-0.05, 0) is 65.1 Å². The summed E-state index contributed by atoms with van der Waals surface area (Å²) < 4.78 is 12.5. The predicted octanol–water partition coefficient (Wildman–Crippen LogP) is 8.81. The molecule has 5 aromatic carbocycles. The molecule has 0 radical (unpaired) electrons. The van der Waals surface area contributed by atoms with E-state index in [1.807, 2.05) is 80.6 Å². The van der Waals surface area contributed by atoms with E-state index in [0.717, 1.165) is 33.0 Å². The molecule has 1 fully saturated rings. The topological polar surface area (TPSA) is 102 Å². The summed E-state index contributed by atoms with van der Waals surface area (Å²) in [7, 11) is 1.53. The first-order valence-electron chi connectivity index (χ1n) is 16.0. The molecule has 0 saturated carbocycles. The van der Waals surface area contributed by atoms with Gasteiger partial charge in [0.05, 0.1) is 18.7 Å². The Morgan fingerprint density at radius 3 is 2.48 bits per heavy atom. The number of benzene rings is 5. The molecular weight excluding hydrogens is 667 g/mol. The summed E-state index contributed by atoms with van der Waals surface area (Å²) in [5.41, 5.74) is 4.80. The lowest BCUT2D eigenvalue weighted by atomic mass is 9.93. The van der Waals surface area contributed by atoms with Gasteiger partial charge in [-0.1, -0.05) is 120 Å². The Labute approximate surface area is 298 Å². The number of nitrogens with zero attached hydrogens (tertiary/aromatic N) is 3. The molecule has 0 aliphatic carbocycles. The van der Waals surface area contributed by atoms with Crippen LogP contribution in [0.3, 0.4) is 0 Å². The lowest BCUT2D eigenvalue weighted by Crippen LogP contribution is -2.29. The third-order valence-electron chi connectivity index (χ3n) is 8.67. The van der Waals surface area contributed by atoms with Gasteiger partial charge in [-0.3, -0.25) is 14.5 Å². The number of ether oxygens (including phenoxy) is 2. The van der Waals surface area contributed by atoms with Crippen LogP contribution < -0.4 is 14.4 Å². The molecule has 0 spiro atoms. The number of fused-ring (bicyclic) bond motifs is 1. The van der Waals surface area contributed by atoms with Gasteiger partial charge in [0.15, 0.2) is 15.8 Å². The summed E-state index contributed by atoms with van der Waals surface area (Å²) in [6, 6.07) is 34.1. The summed E-state index contributed by atoms with van der Waals surface area (Å²) in [6.07, 6.45) is 0. The minimum Gasteiger partial charge on any atom is -0.507 e. The van der Waals surface area contributed by atoms with Gasteiger partial charge < -0.3 is 14.6 Å². The van der Waals surface area contributed by atoms with Gasteiger partial charge in [0, 0.05) is 11.3 Å². The maximum Gasteiger partial charge on any atom is 0.301 e. The van der Waals surface area contributed by atoms with Crippen molar-refractivity contribution in [3.05, 3.63) is 148 Å². The number of thioether (sulfide) groups is 1. The molecule has 1 atom stereocenters. The Morgan fingerprint density at radius 1 is 0.880 bits per heavy atom. The molecule has 250 valence electrons. The smallest absolute Gasteiger partial charge is 0.301 e. The molecule has 50 heavy (non-hydrogen) atoms. The van der Waals surface area contributed by atoms with Crippen LogP contribution in [0, 0.1) is 13.8 Å². The lowest BCUT2D eigenvalue weighted by molar-refractivity contribution is -0.132. The second-order valence-electron chi connectivity index (χ2n) is 11.9. The number of Topliss-reactive ketones (excluding diaryl/α,β-unsaturated/α-hetero) is 1. The third-order valence-corrected chi connectivity index (χ3v) is 10.8. The maximum atomic E-state index is 13.9. The Kier molecular flexibility index (Phi) is 9.38. The van der Waals surface area contributed by atoms with Crippen molar-refractivity contribution in [1.82, 2.24) is 10.2 Å². The summed E-state index contributed by atoms with van der Waals surface area (Å²) in [4.78, 5) is 29.1. The molecule has 0 bridgehead atoms. The highest BCUT2D eigenvalue weighted by Crippen LogP contribution is 2.46. The van der Waals surface area contributed by atoms with Gasteiger partial charge in [-0.15, -0.1) is 10.2 Å². The van der Waals surface area contributed by atoms with Crippen molar-refractivity contribution in [2.75, 3.05) is 12.0 Å². The molecular formula is C40H33N3O5S2. The average molecular weight is 700 g/mol. The van der Waals surface area contributed by atoms with E-state index < -0.39 is 17.7 Å². The zero-order chi connectivity index (χ0) is 34.8. The van der Waals surface area contributed by atoms with E-state index in [4.69, 9.17) is 9.47 Å². The molecule has 8 nitrogen and oxygen atoms in total. The fourth-order valence-electron chi connectivity index (χ4n) is 6.11. The van der Waals surface area contributed by atoms with E-state index in [1.54, 1.807) is 18.2 Å². The third kappa shape index (κ3) is 6.47. The molecule has 1 N–H and O–H groups in total. The number of aliphatic hydroxyl groups excluding tert-OH is 1. The first kappa shape index (κ1) is 33.1. The number of rotatable bonds is 10. The van der Waals surface area contributed by atoms with Crippen LogP contribution in [0.2, 0.25) is 0 Å². The molecule has 1 unspecified atom stereocenters. The van der Waals surface area contributed by atoms with Gasteiger partial charge in [-0.2, -0.15) is 0 Å². The molecule has 1 aromatic heterocycles. The standard InChI is InChI=1S/C40H33N3O5S2/c1-24-16-17-25(2)31(20-24)36(44)34-35(28-18-19-32(33(21-28)47-3)48-22-26-10-5-4-6-11-26)43(38(46)37(34)45)39-41-42-40(50-39)49-23-29-14-9-13-27-12-7-8-15-30(27)29/h4-21,35,44H,22-23H2,1-3H3. The van der Waals surface area contributed by atoms with Gasteiger partial charge >= 0.3 is 5.91 Å². The quantitative estimate of drug-likeness (QED) is 0.0498. The largest absolute Gasteiger partial charge is 0.507 e. The van der Waals surface area contributed by atoms with E-state index in [-0.39, 0.29) is 16.5 Å². The molecule has 1 aliphatic heterocycles. The second kappa shape index (κ2) is 14.2. The molecule has 7 rings (SSSR count). The van der Waals surface area contributed by atoms with Crippen molar-refractivity contribution in [3.8, 4) is 11.5 Å². The molecule has 1 saturated heterocycles. The molecule has 6 aromatic rings. The van der Waals surface area contributed by atoms with Crippen molar-refractivity contribution in [2.45, 2.75) is 36.6 Å². The van der Waals surface area contributed by atoms with Crippen LogP contribution in [0.15, 0.2) is 119 Å². The highest BCUT2D eigenvalue weighted by Gasteiger charge is 2.48. The highest BCUT2D eigenvalue weighted by molar-refractivity contribution is 8.00. The fourth-order valence-corrected chi connectivity index (χ4v) is 7.98. The van der Waals surface area contributed by atoms with Crippen LogP contribution in [0.5, 0.6) is 11.5 Å². The van der Waals surface area contributed by atoms with Gasteiger partial charge in [0.2, 0.25) is 5.13 Å². The van der Waals surface area contributed by atoms with E-state index in [2.05, 4.69) is 34.5 Å². The van der Waals surface area contributed by atoms with Crippen LogP contribution in [0.4, 0.5) is 5.13 Å². The number of carbonyl (C=O) groups is 2. The minimum absolute atomic E-state index is 0.0381. The first-order valence-corrected chi connectivity index (χ1v) is 17.8. The zero-order valence-electron chi connectivity index (χ0n) is 27.6. The number of amides is 1. The van der Waals surface area contributed by atoms with Crippen molar-refractivity contribution < 1.29 is 24.2 Å². The minimum atomic E-state index is -1.00. The fraction of sp³-hybridized carbons (Fsp3) is 0.150. The lowest BCUT2D eigenvalue weighted by Gasteiger charge is -2.23. The summed E-state index contributed by atoms with van der Waals surface area (Å²) >= 11 is 2.74. The molecule has 1 aliphatic rings. The Hall–Kier alpha value is -5.45. The zero-order valence-corrected chi connectivity index (χ0v) is 29.3. The average Bonchev–Trinajstić information content (AvgIpc) is 3.72. The number of ketones is 1. The van der Waals surface area contributed by atoms with E-state index in [0.29, 0.717) is 39.3 Å². The van der Waals surface area contributed by atoms with Crippen molar-refractivity contribution >= 4 is 56.5 Å². The summed E-state index contributed by atoms with van der Waals surface area (Å²) in [5.74, 6) is -0.305. The van der Waals surface area contributed by atoms with Crippen LogP contribution in [-0.2, 0) is 21.9 Å². The molecule has 2 heterocycles. The Balaban J connectivity index is 1.27. The van der Waals surface area contributed by atoms with Crippen LogP contribution in [0.1, 0.15) is 39.4 Å². The van der Waals surface area contributed by atoms with Gasteiger partial charge in [0.1, 0.15) is 12.4 Å². The number of aromatic nitrogens is 2. The van der Waals surface area contributed by atoms with Crippen molar-refractivity contribution in [2.24, 2.45) is 0 Å². The number of methoxy groups -OCH3 is 1. The van der Waals surface area contributed by atoms with Crippen LogP contribution in [-0.4, -0.2) is 34.1 Å².